The standard InChI is InChI=1S/C41H32N2O2/c1-41(34-24-31-18-8-13-23-39(31)45-40(34)44,35-27-42(25-29-14-4-2-5-15-29)37-21-11-9-19-32(35)37)36-28-43(26-30-16-6-3-7-17-30)38-22-12-10-20-33(36)38/h2-24,27-28H,25-26H2,1H3. The molecule has 4 nitrogen and oxygen atoms in total. The molecule has 3 heterocycles. The van der Waals surface area contributed by atoms with E-state index < -0.39 is 5.41 Å². The first-order valence-electron chi connectivity index (χ1n) is 15.4. The Bertz CT molecular complexity index is 2240. The van der Waals surface area contributed by atoms with Gasteiger partial charge in [0.25, 0.3) is 0 Å². The quantitative estimate of drug-likeness (QED) is 0.175. The Labute approximate surface area is 261 Å². The van der Waals surface area contributed by atoms with E-state index in [1.54, 1.807) is 0 Å². The fourth-order valence-electron chi connectivity index (χ4n) is 6.96. The Hall–Kier alpha value is -5.61. The molecule has 0 aliphatic heterocycles. The molecule has 8 aromatic rings. The number of para-hydroxylation sites is 3. The smallest absolute Gasteiger partial charge is 0.340 e. The molecular weight excluding hydrogens is 552 g/mol. The maximum Gasteiger partial charge on any atom is 0.340 e. The van der Waals surface area contributed by atoms with Gasteiger partial charge in [0.05, 0.1) is 11.0 Å². The van der Waals surface area contributed by atoms with Gasteiger partial charge >= 0.3 is 5.63 Å². The minimum absolute atomic E-state index is 0.323. The predicted molar refractivity (Wildman–Crippen MR) is 183 cm³/mol. The second kappa shape index (κ2) is 10.8. The Balaban J connectivity index is 1.43. The zero-order valence-corrected chi connectivity index (χ0v) is 25.1. The molecule has 4 heteroatoms. The van der Waals surface area contributed by atoms with Crippen LogP contribution in [0.3, 0.4) is 0 Å². The van der Waals surface area contributed by atoms with Gasteiger partial charge in [-0.25, -0.2) is 4.79 Å². The molecule has 0 aliphatic carbocycles. The molecule has 0 saturated carbocycles. The van der Waals surface area contributed by atoms with Gasteiger partial charge in [0.15, 0.2) is 0 Å². The van der Waals surface area contributed by atoms with Crippen molar-refractivity contribution in [1.82, 2.24) is 9.13 Å². The average molecular weight is 585 g/mol. The van der Waals surface area contributed by atoms with E-state index >= 15 is 0 Å². The molecule has 0 aliphatic rings. The van der Waals surface area contributed by atoms with E-state index in [0.29, 0.717) is 11.1 Å². The first-order chi connectivity index (χ1) is 22.1. The van der Waals surface area contributed by atoms with E-state index in [4.69, 9.17) is 4.42 Å². The minimum Gasteiger partial charge on any atom is -0.422 e. The molecule has 5 aromatic carbocycles. The first-order valence-corrected chi connectivity index (χ1v) is 15.4. The monoisotopic (exact) mass is 584 g/mol. The molecular formula is C41H32N2O2. The molecule has 0 spiro atoms. The van der Waals surface area contributed by atoms with Crippen LogP contribution < -0.4 is 5.63 Å². The van der Waals surface area contributed by atoms with E-state index in [1.165, 1.54) is 11.1 Å². The zero-order valence-electron chi connectivity index (χ0n) is 25.1. The number of benzene rings is 5. The largest absolute Gasteiger partial charge is 0.422 e. The molecule has 3 aromatic heterocycles. The van der Waals surface area contributed by atoms with E-state index in [9.17, 15) is 4.79 Å². The van der Waals surface area contributed by atoms with Crippen LogP contribution in [0.2, 0.25) is 0 Å². The van der Waals surface area contributed by atoms with Crippen molar-refractivity contribution in [1.29, 1.82) is 0 Å². The number of aromatic nitrogens is 2. The molecule has 45 heavy (non-hydrogen) atoms. The molecule has 0 unspecified atom stereocenters. The molecule has 0 radical (unpaired) electrons. The SMILES string of the molecule is CC(c1cc2ccccc2oc1=O)(c1cn(Cc2ccccc2)c2ccccc12)c1cn(Cc2ccccc2)c2ccccc12. The van der Waals surface area contributed by atoms with Crippen LogP contribution in [-0.2, 0) is 18.5 Å². The lowest BCUT2D eigenvalue weighted by atomic mass is 9.71. The van der Waals surface area contributed by atoms with Gasteiger partial charge in [-0.05, 0) is 53.4 Å². The summed E-state index contributed by atoms with van der Waals surface area (Å²) in [7, 11) is 0. The van der Waals surface area contributed by atoms with Gasteiger partial charge in [0, 0.05) is 52.7 Å². The maximum atomic E-state index is 14.1. The number of hydrogen-bond donors (Lipinski definition) is 0. The molecule has 0 fully saturated rings. The van der Waals surface area contributed by atoms with Crippen LogP contribution in [0.15, 0.2) is 161 Å². The third-order valence-corrected chi connectivity index (χ3v) is 9.23. The van der Waals surface area contributed by atoms with Gasteiger partial charge in [0.2, 0.25) is 0 Å². The van der Waals surface area contributed by atoms with Crippen molar-refractivity contribution in [3.63, 3.8) is 0 Å². The topological polar surface area (TPSA) is 40.1 Å². The van der Waals surface area contributed by atoms with Crippen molar-refractivity contribution in [2.45, 2.75) is 25.4 Å². The van der Waals surface area contributed by atoms with Crippen LogP contribution in [0, 0.1) is 0 Å². The highest BCUT2D eigenvalue weighted by Gasteiger charge is 2.39. The summed E-state index contributed by atoms with van der Waals surface area (Å²) < 4.78 is 10.7. The number of fused-ring (bicyclic) bond motifs is 3. The summed E-state index contributed by atoms with van der Waals surface area (Å²) in [6.07, 6.45) is 4.49. The molecule has 0 amide bonds. The lowest BCUT2D eigenvalue weighted by molar-refractivity contribution is 0.529. The summed E-state index contributed by atoms with van der Waals surface area (Å²) in [5.41, 5.74) is 6.87. The maximum absolute atomic E-state index is 14.1. The van der Waals surface area contributed by atoms with Crippen LogP contribution in [-0.4, -0.2) is 9.13 Å². The average Bonchev–Trinajstić information content (AvgIpc) is 3.64. The summed E-state index contributed by atoms with van der Waals surface area (Å²) in [4.78, 5) is 14.1. The lowest BCUT2D eigenvalue weighted by Gasteiger charge is -2.29. The molecule has 0 saturated heterocycles. The van der Waals surface area contributed by atoms with Gasteiger partial charge < -0.3 is 13.6 Å². The van der Waals surface area contributed by atoms with Crippen molar-refractivity contribution in [3.8, 4) is 0 Å². The molecule has 218 valence electrons. The zero-order chi connectivity index (χ0) is 30.4. The van der Waals surface area contributed by atoms with E-state index in [-0.39, 0.29) is 5.63 Å². The summed E-state index contributed by atoms with van der Waals surface area (Å²) in [5, 5.41) is 3.13. The van der Waals surface area contributed by atoms with Crippen LogP contribution in [0.25, 0.3) is 32.8 Å². The van der Waals surface area contributed by atoms with Crippen molar-refractivity contribution in [2.24, 2.45) is 0 Å². The van der Waals surface area contributed by atoms with Crippen molar-refractivity contribution >= 4 is 32.8 Å². The highest BCUT2D eigenvalue weighted by Crippen LogP contribution is 2.45. The number of nitrogens with zero attached hydrogens (tertiary/aromatic N) is 2. The van der Waals surface area contributed by atoms with Gasteiger partial charge in [-0.2, -0.15) is 0 Å². The predicted octanol–water partition coefficient (Wildman–Crippen LogP) is 9.15. The van der Waals surface area contributed by atoms with E-state index in [1.807, 2.05) is 42.5 Å². The van der Waals surface area contributed by atoms with Crippen molar-refractivity contribution in [3.05, 3.63) is 190 Å². The fraction of sp³-hybridized carbons (Fsp3) is 0.0976. The third kappa shape index (κ3) is 4.58. The van der Waals surface area contributed by atoms with Gasteiger partial charge in [-0.3, -0.25) is 0 Å². The highest BCUT2D eigenvalue weighted by molar-refractivity contribution is 5.92. The van der Waals surface area contributed by atoms with E-state index in [2.05, 4.69) is 126 Å². The Morgan fingerprint density at radius 3 is 1.58 bits per heavy atom. The van der Waals surface area contributed by atoms with Crippen molar-refractivity contribution in [2.75, 3.05) is 0 Å². The summed E-state index contributed by atoms with van der Waals surface area (Å²) in [6.45, 7) is 3.64. The second-order valence-corrected chi connectivity index (χ2v) is 12.0. The summed E-state index contributed by atoms with van der Waals surface area (Å²) >= 11 is 0. The Morgan fingerprint density at radius 2 is 1.02 bits per heavy atom. The Morgan fingerprint density at radius 1 is 0.556 bits per heavy atom. The van der Waals surface area contributed by atoms with Crippen molar-refractivity contribution < 1.29 is 4.42 Å². The number of hydrogen-bond acceptors (Lipinski definition) is 2. The highest BCUT2D eigenvalue weighted by atomic mass is 16.4. The Kier molecular flexibility index (Phi) is 6.49. The van der Waals surface area contributed by atoms with Crippen LogP contribution in [0.5, 0.6) is 0 Å². The summed E-state index contributed by atoms with van der Waals surface area (Å²) in [5.74, 6) is 0. The van der Waals surface area contributed by atoms with Crippen LogP contribution in [0.4, 0.5) is 0 Å². The lowest BCUT2D eigenvalue weighted by Crippen LogP contribution is -2.31. The first kappa shape index (κ1) is 27.0. The fourth-order valence-corrected chi connectivity index (χ4v) is 6.96. The van der Waals surface area contributed by atoms with Gasteiger partial charge in [0.1, 0.15) is 5.58 Å². The number of rotatable bonds is 7. The molecule has 0 atom stereocenters. The second-order valence-electron chi connectivity index (χ2n) is 12.0. The summed E-state index contributed by atoms with van der Waals surface area (Å²) in [6, 6.07) is 47.8. The molecule has 0 N–H and O–H groups in total. The van der Waals surface area contributed by atoms with Crippen LogP contribution in [0.1, 0.15) is 34.7 Å². The molecule has 0 bridgehead atoms. The minimum atomic E-state index is -0.840. The van der Waals surface area contributed by atoms with Gasteiger partial charge in [-0.15, -0.1) is 0 Å². The molecule has 8 rings (SSSR count). The van der Waals surface area contributed by atoms with Gasteiger partial charge in [-0.1, -0.05) is 115 Å². The normalized spacial score (nSPS) is 11.9. The third-order valence-electron chi connectivity index (χ3n) is 9.23. The van der Waals surface area contributed by atoms with Crippen LogP contribution >= 0.6 is 0 Å². The van der Waals surface area contributed by atoms with E-state index in [0.717, 1.165) is 51.4 Å².